The molecular formula is C18H12Cl2N2O2S. The molecule has 126 valence electrons. The van der Waals surface area contributed by atoms with Crippen LogP contribution in [0.3, 0.4) is 0 Å². The summed E-state index contributed by atoms with van der Waals surface area (Å²) in [6.45, 7) is 0.708. The van der Waals surface area contributed by atoms with Gasteiger partial charge in [0, 0.05) is 6.42 Å². The summed E-state index contributed by atoms with van der Waals surface area (Å²) in [6.07, 6.45) is 2.73. The van der Waals surface area contributed by atoms with Crippen LogP contribution in [0.25, 0.3) is 6.08 Å². The van der Waals surface area contributed by atoms with Gasteiger partial charge in [0.25, 0.3) is 5.91 Å². The van der Waals surface area contributed by atoms with Crippen LogP contribution in [0, 0.1) is 0 Å². The van der Waals surface area contributed by atoms with Gasteiger partial charge in [-0.2, -0.15) is 0 Å². The molecule has 2 aliphatic heterocycles. The summed E-state index contributed by atoms with van der Waals surface area (Å²) in [5.41, 5.74) is 2.57. The van der Waals surface area contributed by atoms with Gasteiger partial charge >= 0.3 is 0 Å². The quantitative estimate of drug-likeness (QED) is 0.747. The van der Waals surface area contributed by atoms with Crippen LogP contribution in [0.5, 0.6) is 5.75 Å². The van der Waals surface area contributed by atoms with Crippen LogP contribution in [0.15, 0.2) is 46.3 Å². The summed E-state index contributed by atoms with van der Waals surface area (Å²) in [5, 5.41) is 4.07. The molecule has 1 amide bonds. The summed E-state index contributed by atoms with van der Waals surface area (Å²) < 4.78 is 5.50. The lowest BCUT2D eigenvalue weighted by Gasteiger charge is -2.01. The maximum Gasteiger partial charge on any atom is 0.264 e. The SMILES string of the molecule is O=C1NC(=Nc2c(Cl)cccc2Cl)S/C1=C/c1ccc2c(c1)CCO2. The fourth-order valence-corrected chi connectivity index (χ4v) is 3.94. The molecule has 0 atom stereocenters. The van der Waals surface area contributed by atoms with Crippen LogP contribution < -0.4 is 10.1 Å². The molecule has 2 aromatic carbocycles. The summed E-state index contributed by atoms with van der Waals surface area (Å²) in [7, 11) is 0. The number of amidine groups is 1. The number of rotatable bonds is 2. The van der Waals surface area contributed by atoms with E-state index in [4.69, 9.17) is 27.9 Å². The predicted octanol–water partition coefficient (Wildman–Crippen LogP) is 4.82. The Hall–Kier alpha value is -1.95. The number of ether oxygens (including phenoxy) is 1. The van der Waals surface area contributed by atoms with E-state index < -0.39 is 0 Å². The van der Waals surface area contributed by atoms with Crippen molar-refractivity contribution in [3.63, 3.8) is 0 Å². The third-order valence-corrected chi connectivity index (χ3v) is 5.33. The van der Waals surface area contributed by atoms with Crippen molar-refractivity contribution in [2.45, 2.75) is 6.42 Å². The van der Waals surface area contributed by atoms with E-state index in [9.17, 15) is 4.79 Å². The number of carbonyl (C=O) groups is 1. The average Bonchev–Trinajstić information content (AvgIpc) is 3.18. The Bertz CT molecular complexity index is 920. The third kappa shape index (κ3) is 3.40. The van der Waals surface area contributed by atoms with Crippen molar-refractivity contribution in [2.75, 3.05) is 6.61 Å². The smallest absolute Gasteiger partial charge is 0.264 e. The number of amides is 1. The average molecular weight is 391 g/mol. The summed E-state index contributed by atoms with van der Waals surface area (Å²) in [6, 6.07) is 11.1. The van der Waals surface area contributed by atoms with Crippen LogP contribution in [0.4, 0.5) is 5.69 Å². The van der Waals surface area contributed by atoms with Gasteiger partial charge in [0.05, 0.1) is 21.6 Å². The molecule has 25 heavy (non-hydrogen) atoms. The van der Waals surface area contributed by atoms with Crippen LogP contribution in [-0.2, 0) is 11.2 Å². The normalized spacial score (nSPS) is 19.2. The first-order valence-electron chi connectivity index (χ1n) is 7.59. The van der Waals surface area contributed by atoms with E-state index in [1.165, 1.54) is 11.8 Å². The number of thioether (sulfide) groups is 1. The number of aliphatic imine (C=N–C) groups is 1. The fraction of sp³-hybridized carbons (Fsp3) is 0.111. The molecule has 1 saturated heterocycles. The molecule has 0 spiro atoms. The molecule has 1 N–H and O–H groups in total. The van der Waals surface area contributed by atoms with Crippen molar-refractivity contribution in [3.05, 3.63) is 62.5 Å². The standard InChI is InChI=1S/C18H12Cl2N2O2S/c19-12-2-1-3-13(20)16(12)21-18-22-17(23)15(25-18)9-10-4-5-14-11(8-10)6-7-24-14/h1-5,8-9H,6-7H2,(H,21,22,23)/b15-9+. The molecule has 1 fully saturated rings. The topological polar surface area (TPSA) is 50.7 Å². The van der Waals surface area contributed by atoms with Gasteiger partial charge in [-0.15, -0.1) is 0 Å². The fourth-order valence-electron chi connectivity index (χ4n) is 2.63. The minimum Gasteiger partial charge on any atom is -0.493 e. The first kappa shape index (κ1) is 16.5. The maximum atomic E-state index is 12.2. The second-order valence-electron chi connectivity index (χ2n) is 5.52. The van der Waals surface area contributed by atoms with E-state index in [1.54, 1.807) is 18.2 Å². The van der Waals surface area contributed by atoms with Crippen LogP contribution in [-0.4, -0.2) is 17.7 Å². The molecule has 0 radical (unpaired) electrons. The van der Waals surface area contributed by atoms with Crippen molar-refractivity contribution in [3.8, 4) is 5.75 Å². The zero-order valence-corrected chi connectivity index (χ0v) is 15.2. The molecule has 0 aliphatic carbocycles. The monoisotopic (exact) mass is 390 g/mol. The van der Waals surface area contributed by atoms with Crippen molar-refractivity contribution in [1.82, 2.24) is 5.32 Å². The van der Waals surface area contributed by atoms with Crippen LogP contribution in [0.1, 0.15) is 11.1 Å². The molecule has 4 nitrogen and oxygen atoms in total. The molecule has 0 aromatic heterocycles. The Labute approximate surface area is 158 Å². The van der Waals surface area contributed by atoms with E-state index in [2.05, 4.69) is 10.3 Å². The number of carbonyl (C=O) groups excluding carboxylic acids is 1. The Balaban J connectivity index is 1.61. The number of benzene rings is 2. The van der Waals surface area contributed by atoms with Crippen molar-refractivity contribution in [1.29, 1.82) is 0 Å². The van der Waals surface area contributed by atoms with Gasteiger partial charge in [0.15, 0.2) is 5.17 Å². The second-order valence-corrected chi connectivity index (χ2v) is 7.36. The zero-order valence-electron chi connectivity index (χ0n) is 12.9. The molecule has 0 bridgehead atoms. The van der Waals surface area contributed by atoms with E-state index >= 15 is 0 Å². The van der Waals surface area contributed by atoms with E-state index in [-0.39, 0.29) is 5.91 Å². The lowest BCUT2D eigenvalue weighted by atomic mass is 10.1. The molecule has 0 unspecified atom stereocenters. The minimum atomic E-state index is -0.191. The molecule has 4 rings (SSSR count). The molecule has 2 aromatic rings. The Kier molecular flexibility index (Phi) is 4.46. The lowest BCUT2D eigenvalue weighted by molar-refractivity contribution is -0.115. The molecule has 7 heteroatoms. The second kappa shape index (κ2) is 6.75. The number of halogens is 2. The summed E-state index contributed by atoms with van der Waals surface area (Å²) >= 11 is 13.5. The number of nitrogens with one attached hydrogen (secondary N) is 1. The van der Waals surface area contributed by atoms with Gasteiger partial charge in [0.2, 0.25) is 0 Å². The van der Waals surface area contributed by atoms with Gasteiger partial charge in [0.1, 0.15) is 11.4 Å². The molecule has 0 saturated carbocycles. The number of para-hydroxylation sites is 1. The van der Waals surface area contributed by atoms with E-state index in [1.807, 2.05) is 24.3 Å². The number of fused-ring (bicyclic) bond motifs is 1. The Morgan fingerprint density at radius 2 is 2.00 bits per heavy atom. The Morgan fingerprint density at radius 1 is 1.20 bits per heavy atom. The first-order chi connectivity index (χ1) is 12.1. The highest BCUT2D eigenvalue weighted by Crippen LogP contribution is 2.36. The summed E-state index contributed by atoms with van der Waals surface area (Å²) in [4.78, 5) is 17.2. The molecular weight excluding hydrogens is 379 g/mol. The maximum absolute atomic E-state index is 12.2. The lowest BCUT2D eigenvalue weighted by Crippen LogP contribution is -2.19. The highest BCUT2D eigenvalue weighted by molar-refractivity contribution is 8.18. The van der Waals surface area contributed by atoms with Gasteiger partial charge in [-0.3, -0.25) is 4.79 Å². The van der Waals surface area contributed by atoms with Crippen LogP contribution >= 0.6 is 35.0 Å². The van der Waals surface area contributed by atoms with E-state index in [0.29, 0.717) is 32.4 Å². The highest BCUT2D eigenvalue weighted by atomic mass is 35.5. The highest BCUT2D eigenvalue weighted by Gasteiger charge is 2.24. The largest absolute Gasteiger partial charge is 0.493 e. The van der Waals surface area contributed by atoms with Crippen molar-refractivity contribution >= 4 is 57.8 Å². The van der Waals surface area contributed by atoms with Crippen molar-refractivity contribution in [2.24, 2.45) is 4.99 Å². The van der Waals surface area contributed by atoms with Crippen LogP contribution in [0.2, 0.25) is 10.0 Å². The third-order valence-electron chi connectivity index (χ3n) is 3.81. The predicted molar refractivity (Wildman–Crippen MR) is 103 cm³/mol. The molecule has 2 heterocycles. The first-order valence-corrected chi connectivity index (χ1v) is 9.17. The zero-order chi connectivity index (χ0) is 17.4. The Morgan fingerprint density at radius 3 is 2.80 bits per heavy atom. The number of nitrogens with zero attached hydrogens (tertiary/aromatic N) is 1. The number of hydrogen-bond donors (Lipinski definition) is 1. The van der Waals surface area contributed by atoms with Gasteiger partial charge in [-0.1, -0.05) is 35.3 Å². The van der Waals surface area contributed by atoms with Gasteiger partial charge in [-0.25, -0.2) is 4.99 Å². The van der Waals surface area contributed by atoms with Crippen molar-refractivity contribution < 1.29 is 9.53 Å². The molecule has 2 aliphatic rings. The summed E-state index contributed by atoms with van der Waals surface area (Å²) in [5.74, 6) is 0.727. The minimum absolute atomic E-state index is 0.191. The van der Waals surface area contributed by atoms with Gasteiger partial charge < -0.3 is 10.1 Å². The van der Waals surface area contributed by atoms with E-state index in [0.717, 1.165) is 23.3 Å². The number of hydrogen-bond acceptors (Lipinski definition) is 4. The van der Waals surface area contributed by atoms with Gasteiger partial charge in [-0.05, 0) is 53.2 Å².